The number of hydrogen-bond acceptors (Lipinski definition) is 2. The van der Waals surface area contributed by atoms with Gasteiger partial charge in [-0.1, -0.05) is 26.8 Å². The van der Waals surface area contributed by atoms with Gasteiger partial charge in [0.2, 0.25) is 5.91 Å². The Bertz CT molecular complexity index is 364. The lowest BCUT2D eigenvalue weighted by atomic mass is 9.80. The minimum atomic E-state index is -0.822. The molecule has 0 heterocycles. The van der Waals surface area contributed by atoms with Crippen molar-refractivity contribution < 1.29 is 14.7 Å². The highest BCUT2D eigenvalue weighted by Crippen LogP contribution is 2.31. The summed E-state index contributed by atoms with van der Waals surface area (Å²) in [7, 11) is 0. The largest absolute Gasteiger partial charge is 0.481 e. The van der Waals surface area contributed by atoms with Gasteiger partial charge in [0, 0.05) is 18.5 Å². The Hall–Kier alpha value is -1.32. The third kappa shape index (κ3) is 7.31. The number of nitrogens with zero attached hydrogens (tertiary/aromatic N) is 1. The standard InChI is InChI=1S/C16H29NO3/c1-7-9-13(18)17(11-8-10-14(19)20)16(5,6)12-15(2,3)4/h7,9H,8,10-12H2,1-6H3,(H,19,20)/b9-7+. The lowest BCUT2D eigenvalue weighted by Crippen LogP contribution is -2.49. The van der Waals surface area contributed by atoms with Gasteiger partial charge in [0.25, 0.3) is 0 Å². The van der Waals surface area contributed by atoms with E-state index in [1.807, 2.05) is 20.8 Å². The molecule has 0 atom stereocenters. The minimum absolute atomic E-state index is 0.0489. The topological polar surface area (TPSA) is 57.6 Å². The van der Waals surface area contributed by atoms with Crippen LogP contribution in [0.4, 0.5) is 0 Å². The second-order valence-electron chi connectivity index (χ2n) is 7.04. The van der Waals surface area contributed by atoms with Crippen molar-refractivity contribution in [3.05, 3.63) is 12.2 Å². The van der Waals surface area contributed by atoms with E-state index in [0.717, 1.165) is 6.42 Å². The quantitative estimate of drug-likeness (QED) is 0.728. The van der Waals surface area contributed by atoms with Crippen LogP contribution >= 0.6 is 0 Å². The Kier molecular flexibility index (Phi) is 6.97. The van der Waals surface area contributed by atoms with Gasteiger partial charge in [0.05, 0.1) is 0 Å². The molecule has 1 amide bonds. The zero-order chi connectivity index (χ0) is 16.0. The molecule has 1 N–H and O–H groups in total. The first-order valence-corrected chi connectivity index (χ1v) is 7.16. The van der Waals surface area contributed by atoms with E-state index in [1.54, 1.807) is 17.1 Å². The first kappa shape index (κ1) is 18.7. The first-order chi connectivity index (χ1) is 8.99. The Balaban J connectivity index is 4.99. The Morgan fingerprint density at radius 3 is 2.10 bits per heavy atom. The Morgan fingerprint density at radius 2 is 1.70 bits per heavy atom. The van der Waals surface area contributed by atoms with Crippen LogP contribution in [-0.2, 0) is 9.59 Å². The van der Waals surface area contributed by atoms with Crippen LogP contribution in [0.15, 0.2) is 12.2 Å². The van der Waals surface area contributed by atoms with Crippen molar-refractivity contribution in [2.24, 2.45) is 5.41 Å². The van der Waals surface area contributed by atoms with Crippen LogP contribution in [0.2, 0.25) is 0 Å². The van der Waals surface area contributed by atoms with E-state index in [4.69, 9.17) is 5.11 Å². The predicted octanol–water partition coefficient (Wildman–Crippen LogP) is 3.47. The van der Waals surface area contributed by atoms with E-state index in [9.17, 15) is 9.59 Å². The summed E-state index contributed by atoms with van der Waals surface area (Å²) in [5, 5.41) is 8.74. The number of carbonyl (C=O) groups excluding carboxylic acids is 1. The van der Waals surface area contributed by atoms with Gasteiger partial charge >= 0.3 is 5.97 Å². The lowest BCUT2D eigenvalue weighted by Gasteiger charge is -2.42. The number of allylic oxidation sites excluding steroid dienone is 1. The van der Waals surface area contributed by atoms with E-state index >= 15 is 0 Å². The zero-order valence-electron chi connectivity index (χ0n) is 13.7. The second-order valence-corrected chi connectivity index (χ2v) is 7.04. The minimum Gasteiger partial charge on any atom is -0.481 e. The van der Waals surface area contributed by atoms with Gasteiger partial charge in [-0.3, -0.25) is 9.59 Å². The number of carbonyl (C=O) groups is 2. The summed E-state index contributed by atoms with van der Waals surface area (Å²) < 4.78 is 0. The fraction of sp³-hybridized carbons (Fsp3) is 0.750. The molecule has 0 radical (unpaired) electrons. The lowest BCUT2D eigenvalue weighted by molar-refractivity contribution is -0.138. The van der Waals surface area contributed by atoms with Gasteiger partial charge in [-0.15, -0.1) is 0 Å². The third-order valence-corrected chi connectivity index (χ3v) is 3.04. The number of carboxylic acid groups (broad SMARTS) is 1. The SMILES string of the molecule is C/C=C/C(=O)N(CCCC(=O)O)C(C)(C)CC(C)(C)C. The normalized spacial score (nSPS) is 12.7. The smallest absolute Gasteiger partial charge is 0.303 e. The Morgan fingerprint density at radius 1 is 1.15 bits per heavy atom. The summed E-state index contributed by atoms with van der Waals surface area (Å²) in [4.78, 5) is 24.7. The summed E-state index contributed by atoms with van der Waals surface area (Å²) in [6.07, 6.45) is 4.69. The van der Waals surface area contributed by atoms with Gasteiger partial charge < -0.3 is 10.0 Å². The number of rotatable bonds is 7. The van der Waals surface area contributed by atoms with Gasteiger partial charge in [-0.05, 0) is 45.1 Å². The predicted molar refractivity (Wildman–Crippen MR) is 81.5 cm³/mol. The molecule has 0 saturated carbocycles. The van der Waals surface area contributed by atoms with Crippen molar-refractivity contribution in [2.75, 3.05) is 6.54 Å². The molecule has 20 heavy (non-hydrogen) atoms. The molecule has 4 nitrogen and oxygen atoms in total. The van der Waals surface area contributed by atoms with E-state index in [-0.39, 0.29) is 23.3 Å². The van der Waals surface area contributed by atoms with E-state index in [1.165, 1.54) is 0 Å². The molecule has 0 unspecified atom stereocenters. The molecule has 0 aromatic heterocycles. The number of hydrogen-bond donors (Lipinski definition) is 1. The average Bonchev–Trinajstić information content (AvgIpc) is 2.20. The fourth-order valence-electron chi connectivity index (χ4n) is 2.73. The van der Waals surface area contributed by atoms with E-state index < -0.39 is 5.97 Å². The molecule has 0 spiro atoms. The summed E-state index contributed by atoms with van der Waals surface area (Å²) in [6, 6.07) is 0. The molecule has 0 aromatic rings. The van der Waals surface area contributed by atoms with E-state index in [0.29, 0.717) is 13.0 Å². The van der Waals surface area contributed by atoms with Crippen molar-refractivity contribution in [3.8, 4) is 0 Å². The zero-order valence-corrected chi connectivity index (χ0v) is 13.7. The average molecular weight is 283 g/mol. The molecular formula is C16H29NO3. The molecule has 0 aliphatic heterocycles. The summed E-state index contributed by atoms with van der Waals surface area (Å²) in [5.41, 5.74) is -0.196. The highest BCUT2D eigenvalue weighted by atomic mass is 16.4. The molecule has 0 aliphatic rings. The maximum Gasteiger partial charge on any atom is 0.303 e. The van der Waals surface area contributed by atoms with Crippen molar-refractivity contribution in [1.82, 2.24) is 4.90 Å². The maximum atomic E-state index is 12.2. The highest BCUT2D eigenvalue weighted by molar-refractivity contribution is 5.88. The second kappa shape index (κ2) is 7.46. The van der Waals surface area contributed by atoms with Gasteiger partial charge in [0.15, 0.2) is 0 Å². The van der Waals surface area contributed by atoms with Crippen LogP contribution in [0.5, 0.6) is 0 Å². The van der Waals surface area contributed by atoms with Crippen LogP contribution in [0.3, 0.4) is 0 Å². The molecule has 4 heteroatoms. The van der Waals surface area contributed by atoms with E-state index in [2.05, 4.69) is 20.8 Å². The molecule has 0 saturated heterocycles. The van der Waals surface area contributed by atoms with Crippen LogP contribution in [0.1, 0.15) is 60.8 Å². The molecule has 0 bridgehead atoms. The molecule has 0 aromatic carbocycles. The number of amides is 1. The first-order valence-electron chi connectivity index (χ1n) is 7.16. The van der Waals surface area contributed by atoms with Crippen LogP contribution in [0.25, 0.3) is 0 Å². The molecule has 0 aliphatic carbocycles. The number of carboxylic acids is 1. The van der Waals surface area contributed by atoms with Crippen molar-refractivity contribution >= 4 is 11.9 Å². The van der Waals surface area contributed by atoms with Crippen molar-refractivity contribution in [2.45, 2.75) is 66.3 Å². The summed E-state index contributed by atoms with van der Waals surface area (Å²) >= 11 is 0. The summed E-state index contributed by atoms with van der Waals surface area (Å²) in [6.45, 7) is 12.8. The number of aliphatic carboxylic acids is 1. The van der Waals surface area contributed by atoms with Crippen LogP contribution < -0.4 is 0 Å². The highest BCUT2D eigenvalue weighted by Gasteiger charge is 2.33. The molecule has 0 rings (SSSR count). The van der Waals surface area contributed by atoms with Crippen molar-refractivity contribution in [1.29, 1.82) is 0 Å². The maximum absolute atomic E-state index is 12.2. The van der Waals surface area contributed by atoms with Gasteiger partial charge in [0.1, 0.15) is 0 Å². The molecular weight excluding hydrogens is 254 g/mol. The third-order valence-electron chi connectivity index (χ3n) is 3.04. The Labute approximate surface area is 122 Å². The van der Waals surface area contributed by atoms with Crippen LogP contribution in [0, 0.1) is 5.41 Å². The molecule has 0 fully saturated rings. The van der Waals surface area contributed by atoms with Crippen molar-refractivity contribution in [3.63, 3.8) is 0 Å². The van der Waals surface area contributed by atoms with Gasteiger partial charge in [-0.2, -0.15) is 0 Å². The summed E-state index contributed by atoms with van der Waals surface area (Å²) in [5.74, 6) is -0.871. The molecule has 116 valence electrons. The van der Waals surface area contributed by atoms with Gasteiger partial charge in [-0.25, -0.2) is 0 Å². The fourth-order valence-corrected chi connectivity index (χ4v) is 2.73. The monoisotopic (exact) mass is 283 g/mol. The van der Waals surface area contributed by atoms with Crippen LogP contribution in [-0.4, -0.2) is 34.0 Å².